The Hall–Kier alpha value is -7.75. The van der Waals surface area contributed by atoms with Crippen LogP contribution in [-0.2, 0) is 0 Å². The molecule has 270 valence electrons. The summed E-state index contributed by atoms with van der Waals surface area (Å²) in [5.74, 6) is 0.817. The van der Waals surface area contributed by atoms with E-state index in [0.717, 1.165) is 44.7 Å². The second-order valence-corrected chi connectivity index (χ2v) is 15.0. The normalized spacial score (nSPS) is 11.8. The largest absolute Gasteiger partial charge is 0.454 e. The Balaban J connectivity index is 1.10. The maximum absolute atomic E-state index is 6.59. The number of anilines is 3. The van der Waals surface area contributed by atoms with E-state index in [9.17, 15) is 0 Å². The van der Waals surface area contributed by atoms with Crippen LogP contribution in [0.3, 0.4) is 0 Å². The van der Waals surface area contributed by atoms with Gasteiger partial charge in [0.05, 0.1) is 5.69 Å². The molecular formula is C55H34N2O. The standard InChI is InChI=1S/C55H34N2O/c1-3-16-35(17-4-1)50-42-23-7-8-24-43(42)51(36-18-5-2-6-19-36)54-46-32-31-39(41-25-14-27-45(52(41)46)53(50)54)37-20-13-21-38(34-37)57(49-30-11-12-33-56-49)47-28-15-26-44-40-22-9-10-29-48(40)58-55(44)47/h1-34H. The number of fused-ring (bicyclic) bond motifs is 7. The number of hydrogen-bond donors (Lipinski definition) is 0. The number of rotatable bonds is 6. The number of para-hydroxylation sites is 2. The van der Waals surface area contributed by atoms with Gasteiger partial charge in [0, 0.05) is 22.7 Å². The molecule has 2 heterocycles. The van der Waals surface area contributed by atoms with E-state index in [1.807, 2.05) is 30.5 Å². The fraction of sp³-hybridized carbons (Fsp3) is 0. The van der Waals surface area contributed by atoms with Crippen LogP contribution in [0.2, 0.25) is 0 Å². The summed E-state index contributed by atoms with van der Waals surface area (Å²) < 4.78 is 6.59. The number of hydrogen-bond acceptors (Lipinski definition) is 3. The van der Waals surface area contributed by atoms with Crippen LogP contribution in [0.5, 0.6) is 0 Å². The van der Waals surface area contributed by atoms with E-state index in [4.69, 9.17) is 9.40 Å². The second kappa shape index (κ2) is 12.9. The van der Waals surface area contributed by atoms with E-state index in [0.29, 0.717) is 0 Å². The van der Waals surface area contributed by atoms with Crippen LogP contribution < -0.4 is 4.90 Å². The van der Waals surface area contributed by atoms with Crippen LogP contribution in [-0.4, -0.2) is 4.98 Å². The summed E-state index contributed by atoms with van der Waals surface area (Å²) in [7, 11) is 0. The van der Waals surface area contributed by atoms with Crippen molar-refractivity contribution in [2.24, 2.45) is 0 Å². The number of furan rings is 1. The first-order valence-electron chi connectivity index (χ1n) is 19.8. The lowest BCUT2D eigenvalue weighted by Crippen LogP contribution is -2.11. The Bertz CT molecular complexity index is 3290. The van der Waals surface area contributed by atoms with Gasteiger partial charge in [0.1, 0.15) is 11.4 Å². The van der Waals surface area contributed by atoms with E-state index >= 15 is 0 Å². The molecular weight excluding hydrogens is 705 g/mol. The van der Waals surface area contributed by atoms with E-state index in [1.54, 1.807) is 0 Å². The highest BCUT2D eigenvalue weighted by Gasteiger charge is 2.31. The zero-order valence-corrected chi connectivity index (χ0v) is 31.4. The Kier molecular flexibility index (Phi) is 7.23. The number of benzene rings is 9. The molecule has 0 N–H and O–H groups in total. The molecule has 0 unspecified atom stereocenters. The molecule has 0 fully saturated rings. The van der Waals surface area contributed by atoms with Gasteiger partial charge in [-0.05, 0) is 114 Å². The molecule has 0 saturated heterocycles. The molecule has 12 rings (SSSR count). The molecule has 3 heteroatoms. The molecule has 9 aromatic carbocycles. The van der Waals surface area contributed by atoms with Crippen molar-refractivity contribution < 1.29 is 4.42 Å². The zero-order valence-electron chi connectivity index (χ0n) is 31.4. The van der Waals surface area contributed by atoms with Crippen molar-refractivity contribution in [1.82, 2.24) is 4.98 Å². The fourth-order valence-electron chi connectivity index (χ4n) is 9.46. The summed E-state index contributed by atoms with van der Waals surface area (Å²) in [6.07, 6.45) is 1.85. The van der Waals surface area contributed by atoms with Crippen molar-refractivity contribution in [2.75, 3.05) is 4.90 Å². The third kappa shape index (κ3) is 4.84. The minimum atomic E-state index is 0.817. The second-order valence-electron chi connectivity index (χ2n) is 15.0. The molecule has 0 aliphatic heterocycles. The molecule has 2 aromatic heterocycles. The lowest BCUT2D eigenvalue weighted by atomic mass is 9.82. The van der Waals surface area contributed by atoms with Crippen LogP contribution in [0.4, 0.5) is 17.2 Å². The van der Waals surface area contributed by atoms with Crippen LogP contribution in [0, 0.1) is 0 Å². The monoisotopic (exact) mass is 738 g/mol. The smallest absolute Gasteiger partial charge is 0.159 e. The lowest BCUT2D eigenvalue weighted by molar-refractivity contribution is 0.669. The number of nitrogens with zero attached hydrogens (tertiary/aromatic N) is 2. The van der Waals surface area contributed by atoms with Crippen molar-refractivity contribution in [3.05, 3.63) is 206 Å². The molecule has 0 radical (unpaired) electrons. The van der Waals surface area contributed by atoms with E-state index in [1.165, 1.54) is 71.6 Å². The van der Waals surface area contributed by atoms with Gasteiger partial charge in [-0.15, -0.1) is 0 Å². The summed E-state index contributed by atoms with van der Waals surface area (Å²) in [4.78, 5) is 7.09. The van der Waals surface area contributed by atoms with Gasteiger partial charge in [-0.25, -0.2) is 4.98 Å². The van der Waals surface area contributed by atoms with E-state index in [-0.39, 0.29) is 0 Å². The van der Waals surface area contributed by atoms with Crippen molar-refractivity contribution >= 4 is 60.7 Å². The quantitative estimate of drug-likeness (QED) is 0.170. The highest BCUT2D eigenvalue weighted by Crippen LogP contribution is 2.58. The first-order chi connectivity index (χ1) is 28.8. The zero-order chi connectivity index (χ0) is 38.2. The molecule has 0 atom stereocenters. The van der Waals surface area contributed by atoms with Gasteiger partial charge >= 0.3 is 0 Å². The average Bonchev–Trinajstić information content (AvgIpc) is 3.84. The summed E-state index contributed by atoms with van der Waals surface area (Å²) in [5, 5.41) is 7.22. The predicted octanol–water partition coefficient (Wildman–Crippen LogP) is 15.4. The first kappa shape index (κ1) is 32.5. The van der Waals surface area contributed by atoms with Gasteiger partial charge in [-0.1, -0.05) is 164 Å². The third-order valence-corrected chi connectivity index (χ3v) is 11.8. The Morgan fingerprint density at radius 3 is 1.67 bits per heavy atom. The molecule has 3 nitrogen and oxygen atoms in total. The predicted molar refractivity (Wildman–Crippen MR) is 242 cm³/mol. The maximum Gasteiger partial charge on any atom is 0.159 e. The topological polar surface area (TPSA) is 29.3 Å². The van der Waals surface area contributed by atoms with Crippen molar-refractivity contribution in [3.63, 3.8) is 0 Å². The van der Waals surface area contributed by atoms with Crippen molar-refractivity contribution in [1.29, 1.82) is 0 Å². The molecule has 0 saturated carbocycles. The molecule has 58 heavy (non-hydrogen) atoms. The van der Waals surface area contributed by atoms with Gasteiger partial charge in [0.2, 0.25) is 0 Å². The summed E-state index contributed by atoms with van der Waals surface area (Å²) >= 11 is 0. The molecule has 11 aromatic rings. The van der Waals surface area contributed by atoms with Gasteiger partial charge < -0.3 is 4.42 Å². The molecule has 0 bridgehead atoms. The Morgan fingerprint density at radius 2 is 0.948 bits per heavy atom. The minimum absolute atomic E-state index is 0.817. The van der Waals surface area contributed by atoms with E-state index in [2.05, 4.69) is 181 Å². The van der Waals surface area contributed by atoms with Gasteiger partial charge in [-0.2, -0.15) is 0 Å². The molecule has 0 spiro atoms. The summed E-state index contributed by atoms with van der Waals surface area (Å²) in [6, 6.07) is 71.8. The Labute approximate surface area is 335 Å². The summed E-state index contributed by atoms with van der Waals surface area (Å²) in [6.45, 7) is 0. The molecule has 1 aliphatic rings. The number of pyridine rings is 1. The van der Waals surface area contributed by atoms with Crippen LogP contribution >= 0.6 is 0 Å². The fourth-order valence-corrected chi connectivity index (χ4v) is 9.46. The number of aromatic nitrogens is 1. The van der Waals surface area contributed by atoms with Gasteiger partial charge in [0.25, 0.3) is 0 Å². The summed E-state index contributed by atoms with van der Waals surface area (Å²) in [5.41, 5.74) is 16.1. The van der Waals surface area contributed by atoms with E-state index < -0.39 is 0 Å². The first-order valence-corrected chi connectivity index (χ1v) is 19.8. The Morgan fingerprint density at radius 1 is 0.379 bits per heavy atom. The SMILES string of the molecule is c1ccc(-c2c3c(c(-c4ccccc4)c4ccccc24)-c2ccc(-c4cccc(N(c5ccccn5)c5cccc6c5oc5ccccc56)c4)c4cccc-3c24)cc1. The van der Waals surface area contributed by atoms with Gasteiger partial charge in [-0.3, -0.25) is 4.90 Å². The average molecular weight is 739 g/mol. The maximum atomic E-state index is 6.59. The van der Waals surface area contributed by atoms with Crippen LogP contribution in [0.15, 0.2) is 211 Å². The highest BCUT2D eigenvalue weighted by molar-refractivity contribution is 6.28. The van der Waals surface area contributed by atoms with Crippen molar-refractivity contribution in [3.8, 4) is 55.6 Å². The third-order valence-electron chi connectivity index (χ3n) is 11.8. The van der Waals surface area contributed by atoms with Crippen LogP contribution in [0.1, 0.15) is 0 Å². The minimum Gasteiger partial charge on any atom is -0.454 e. The van der Waals surface area contributed by atoms with Crippen LogP contribution in [0.25, 0.3) is 99.1 Å². The highest BCUT2D eigenvalue weighted by atomic mass is 16.3. The van der Waals surface area contributed by atoms with Gasteiger partial charge in [0.15, 0.2) is 5.58 Å². The lowest BCUT2D eigenvalue weighted by Gasteiger charge is -2.25. The molecule has 1 aliphatic carbocycles. The van der Waals surface area contributed by atoms with Crippen molar-refractivity contribution in [2.45, 2.75) is 0 Å². The molecule has 0 amide bonds.